The number of urea groups is 1. The lowest BCUT2D eigenvalue weighted by molar-refractivity contribution is -0.130. The zero-order valence-corrected chi connectivity index (χ0v) is 10.3. The second kappa shape index (κ2) is 4.56. The van der Waals surface area contributed by atoms with E-state index < -0.39 is 6.03 Å². The van der Waals surface area contributed by atoms with E-state index in [1.54, 1.807) is 0 Å². The van der Waals surface area contributed by atoms with Gasteiger partial charge in [0.1, 0.15) is 13.1 Å². The standard InChI is InChI=1S/C11H17N3O4/c1-13-5-9(17)14(10(13)18)4-8(16)12-6-11(7-15)2-3-11/h15H,2-7H2,1H3,(H,12,16). The molecule has 0 aromatic heterocycles. The van der Waals surface area contributed by atoms with Crippen LogP contribution in [-0.4, -0.2) is 66.0 Å². The summed E-state index contributed by atoms with van der Waals surface area (Å²) in [6.07, 6.45) is 1.79. The second-order valence-electron chi connectivity index (χ2n) is 5.05. The Hall–Kier alpha value is -1.63. The number of aliphatic hydroxyl groups is 1. The van der Waals surface area contributed by atoms with E-state index in [1.165, 1.54) is 11.9 Å². The minimum atomic E-state index is -0.446. The van der Waals surface area contributed by atoms with Gasteiger partial charge in [-0.3, -0.25) is 14.5 Å². The molecular formula is C11H17N3O4. The van der Waals surface area contributed by atoms with E-state index in [1.807, 2.05) is 0 Å². The highest BCUT2D eigenvalue weighted by Crippen LogP contribution is 2.44. The highest BCUT2D eigenvalue weighted by Gasteiger charge is 2.42. The first-order chi connectivity index (χ1) is 8.47. The van der Waals surface area contributed by atoms with Crippen LogP contribution < -0.4 is 5.32 Å². The molecule has 0 aromatic rings. The number of carbonyl (C=O) groups excluding carboxylic acids is 3. The van der Waals surface area contributed by atoms with Crippen molar-refractivity contribution in [2.45, 2.75) is 12.8 Å². The number of aliphatic hydroxyl groups excluding tert-OH is 1. The van der Waals surface area contributed by atoms with E-state index in [0.29, 0.717) is 6.54 Å². The zero-order valence-electron chi connectivity index (χ0n) is 10.3. The van der Waals surface area contributed by atoms with Crippen molar-refractivity contribution in [3.05, 3.63) is 0 Å². The summed E-state index contributed by atoms with van der Waals surface area (Å²) in [6.45, 7) is 0.224. The van der Waals surface area contributed by atoms with Crippen molar-refractivity contribution < 1.29 is 19.5 Å². The maximum absolute atomic E-state index is 11.6. The van der Waals surface area contributed by atoms with Crippen LogP contribution in [0, 0.1) is 5.41 Å². The fraction of sp³-hybridized carbons (Fsp3) is 0.727. The number of imide groups is 1. The van der Waals surface area contributed by atoms with Gasteiger partial charge in [0.05, 0.1) is 6.61 Å². The van der Waals surface area contributed by atoms with Gasteiger partial charge in [-0.05, 0) is 12.8 Å². The number of hydrogen-bond acceptors (Lipinski definition) is 4. The molecule has 0 atom stereocenters. The topological polar surface area (TPSA) is 90.0 Å². The molecule has 0 radical (unpaired) electrons. The first kappa shape index (κ1) is 12.8. The predicted molar refractivity (Wildman–Crippen MR) is 61.5 cm³/mol. The van der Waals surface area contributed by atoms with Crippen LogP contribution in [0.1, 0.15) is 12.8 Å². The molecule has 0 unspecified atom stereocenters. The Morgan fingerprint density at radius 1 is 1.44 bits per heavy atom. The Bertz CT molecular complexity index is 392. The van der Waals surface area contributed by atoms with Crippen molar-refractivity contribution in [3.63, 3.8) is 0 Å². The Labute approximate surface area is 105 Å². The lowest BCUT2D eigenvalue weighted by atomic mass is 10.1. The van der Waals surface area contributed by atoms with Gasteiger partial charge in [-0.25, -0.2) is 4.79 Å². The number of nitrogens with one attached hydrogen (secondary N) is 1. The van der Waals surface area contributed by atoms with Crippen LogP contribution in [0.4, 0.5) is 4.79 Å². The van der Waals surface area contributed by atoms with Gasteiger partial charge < -0.3 is 15.3 Å². The van der Waals surface area contributed by atoms with Gasteiger partial charge in [0.15, 0.2) is 0 Å². The number of likely N-dealkylation sites (N-methyl/N-ethyl adjacent to an activating group) is 1. The van der Waals surface area contributed by atoms with E-state index in [0.717, 1.165) is 17.7 Å². The average Bonchev–Trinajstić information content (AvgIpc) is 3.08. The summed E-state index contributed by atoms with van der Waals surface area (Å²) in [5.41, 5.74) is -0.175. The average molecular weight is 255 g/mol. The van der Waals surface area contributed by atoms with Gasteiger partial charge in [-0.1, -0.05) is 0 Å². The van der Waals surface area contributed by atoms with Gasteiger partial charge >= 0.3 is 6.03 Å². The minimum absolute atomic E-state index is 0.0205. The van der Waals surface area contributed by atoms with E-state index in [2.05, 4.69) is 5.32 Å². The van der Waals surface area contributed by atoms with Crippen molar-refractivity contribution in [1.29, 1.82) is 0 Å². The molecule has 100 valence electrons. The van der Waals surface area contributed by atoms with Crippen molar-refractivity contribution >= 4 is 17.8 Å². The molecule has 0 bridgehead atoms. The first-order valence-electron chi connectivity index (χ1n) is 5.90. The Kier molecular flexibility index (Phi) is 3.25. The van der Waals surface area contributed by atoms with Gasteiger partial charge in [0.25, 0.3) is 5.91 Å². The van der Waals surface area contributed by atoms with E-state index in [-0.39, 0.29) is 36.9 Å². The maximum Gasteiger partial charge on any atom is 0.327 e. The molecule has 4 amide bonds. The molecule has 1 saturated carbocycles. The van der Waals surface area contributed by atoms with Crippen LogP contribution in [0.5, 0.6) is 0 Å². The molecule has 7 heteroatoms. The van der Waals surface area contributed by atoms with Gasteiger partial charge in [-0.2, -0.15) is 0 Å². The third kappa shape index (κ3) is 2.45. The van der Waals surface area contributed by atoms with Crippen LogP contribution >= 0.6 is 0 Å². The van der Waals surface area contributed by atoms with Crippen molar-refractivity contribution in [1.82, 2.24) is 15.1 Å². The van der Waals surface area contributed by atoms with Gasteiger partial charge in [0.2, 0.25) is 5.91 Å². The van der Waals surface area contributed by atoms with E-state index >= 15 is 0 Å². The minimum Gasteiger partial charge on any atom is -0.396 e. The Morgan fingerprint density at radius 2 is 2.11 bits per heavy atom. The van der Waals surface area contributed by atoms with E-state index in [9.17, 15) is 14.4 Å². The molecule has 2 fully saturated rings. The molecule has 1 aliphatic carbocycles. The molecule has 18 heavy (non-hydrogen) atoms. The lowest BCUT2D eigenvalue weighted by Gasteiger charge is -2.16. The molecule has 2 N–H and O–H groups in total. The Morgan fingerprint density at radius 3 is 2.56 bits per heavy atom. The Balaban J connectivity index is 1.81. The van der Waals surface area contributed by atoms with Crippen LogP contribution in [0.3, 0.4) is 0 Å². The van der Waals surface area contributed by atoms with Crippen LogP contribution in [0.2, 0.25) is 0 Å². The normalized spacial score (nSPS) is 21.4. The van der Waals surface area contributed by atoms with Crippen molar-refractivity contribution in [2.75, 3.05) is 33.3 Å². The largest absolute Gasteiger partial charge is 0.396 e. The van der Waals surface area contributed by atoms with Gasteiger partial charge in [0, 0.05) is 19.0 Å². The summed E-state index contributed by atoms with van der Waals surface area (Å²) in [4.78, 5) is 36.8. The summed E-state index contributed by atoms with van der Waals surface area (Å²) in [5, 5.41) is 11.8. The third-order valence-electron chi connectivity index (χ3n) is 3.49. The number of carbonyl (C=O) groups is 3. The SMILES string of the molecule is CN1CC(=O)N(CC(=O)NCC2(CO)CC2)C1=O. The summed E-state index contributed by atoms with van der Waals surface area (Å²) in [5.74, 6) is -0.729. The summed E-state index contributed by atoms with van der Waals surface area (Å²) in [7, 11) is 1.52. The fourth-order valence-corrected chi connectivity index (χ4v) is 1.88. The summed E-state index contributed by atoms with van der Waals surface area (Å²) in [6, 6.07) is -0.446. The van der Waals surface area contributed by atoms with E-state index in [4.69, 9.17) is 5.11 Å². The lowest BCUT2D eigenvalue weighted by Crippen LogP contribution is -2.42. The molecule has 1 aliphatic heterocycles. The monoisotopic (exact) mass is 255 g/mol. The molecule has 2 rings (SSSR count). The molecule has 0 aromatic carbocycles. The highest BCUT2D eigenvalue weighted by atomic mass is 16.3. The summed E-state index contributed by atoms with van der Waals surface area (Å²) >= 11 is 0. The van der Waals surface area contributed by atoms with Crippen LogP contribution in [-0.2, 0) is 9.59 Å². The third-order valence-corrected chi connectivity index (χ3v) is 3.49. The molecule has 1 saturated heterocycles. The number of rotatable bonds is 5. The quantitative estimate of drug-likeness (QED) is 0.602. The highest BCUT2D eigenvalue weighted by molar-refractivity contribution is 6.04. The fourth-order valence-electron chi connectivity index (χ4n) is 1.88. The van der Waals surface area contributed by atoms with Crippen LogP contribution in [0.15, 0.2) is 0 Å². The predicted octanol–water partition coefficient (Wildman–Crippen LogP) is -1.23. The first-order valence-corrected chi connectivity index (χ1v) is 5.90. The zero-order chi connectivity index (χ0) is 13.3. The second-order valence-corrected chi connectivity index (χ2v) is 5.05. The number of hydrogen-bond donors (Lipinski definition) is 2. The molecular weight excluding hydrogens is 238 g/mol. The maximum atomic E-state index is 11.6. The molecule has 7 nitrogen and oxygen atoms in total. The number of nitrogens with zero attached hydrogens (tertiary/aromatic N) is 2. The molecule has 2 aliphatic rings. The molecule has 1 heterocycles. The van der Waals surface area contributed by atoms with Crippen molar-refractivity contribution in [3.8, 4) is 0 Å². The van der Waals surface area contributed by atoms with Gasteiger partial charge in [-0.15, -0.1) is 0 Å². The summed E-state index contributed by atoms with van der Waals surface area (Å²) < 4.78 is 0. The smallest absolute Gasteiger partial charge is 0.327 e. The van der Waals surface area contributed by atoms with Crippen LogP contribution in [0.25, 0.3) is 0 Å². The van der Waals surface area contributed by atoms with Crippen molar-refractivity contribution in [2.24, 2.45) is 5.41 Å². The molecule has 0 spiro atoms. The number of amides is 4.